The van der Waals surface area contributed by atoms with E-state index in [0.717, 1.165) is 43.5 Å². The topological polar surface area (TPSA) is 45.4 Å². The lowest BCUT2D eigenvalue weighted by Gasteiger charge is -2.36. The van der Waals surface area contributed by atoms with Gasteiger partial charge in [-0.1, -0.05) is 23.4 Å². The molecule has 2 aromatic rings. The van der Waals surface area contributed by atoms with Gasteiger partial charge in [-0.2, -0.15) is 4.98 Å². The van der Waals surface area contributed by atoms with Crippen LogP contribution in [0.25, 0.3) is 0 Å². The second-order valence-corrected chi connectivity index (χ2v) is 6.84. The molecule has 1 saturated heterocycles. The van der Waals surface area contributed by atoms with Crippen molar-refractivity contribution in [3.8, 4) is 0 Å². The first-order valence-corrected chi connectivity index (χ1v) is 8.74. The molecule has 0 amide bonds. The molecule has 1 aromatic carbocycles. The fraction of sp³-hybridized carbons (Fsp3) is 0.556. The van der Waals surface area contributed by atoms with Crippen LogP contribution in [0.3, 0.4) is 0 Å². The SMILES string of the molecule is CC(c1nc(C2CC2)no1)N1CCN(Cc2ccccc2F)CC1. The fourth-order valence-electron chi connectivity index (χ4n) is 3.26. The number of halogens is 1. The molecular weight excluding hydrogens is 307 g/mol. The molecule has 0 spiro atoms. The van der Waals surface area contributed by atoms with E-state index < -0.39 is 0 Å². The van der Waals surface area contributed by atoms with Gasteiger partial charge in [-0.25, -0.2) is 4.39 Å². The first-order chi connectivity index (χ1) is 11.7. The average Bonchev–Trinajstić information content (AvgIpc) is 3.34. The van der Waals surface area contributed by atoms with Gasteiger partial charge in [-0.3, -0.25) is 9.80 Å². The third kappa shape index (κ3) is 3.35. The van der Waals surface area contributed by atoms with Gasteiger partial charge >= 0.3 is 0 Å². The maximum absolute atomic E-state index is 13.8. The normalized spacial score (nSPS) is 21.1. The quantitative estimate of drug-likeness (QED) is 0.843. The van der Waals surface area contributed by atoms with Gasteiger partial charge in [0.05, 0.1) is 6.04 Å². The van der Waals surface area contributed by atoms with Crippen molar-refractivity contribution in [1.82, 2.24) is 19.9 Å². The highest BCUT2D eigenvalue weighted by atomic mass is 19.1. The zero-order valence-corrected chi connectivity index (χ0v) is 14.0. The molecule has 5 nitrogen and oxygen atoms in total. The Bertz CT molecular complexity index is 692. The Morgan fingerprint density at radius 2 is 1.96 bits per heavy atom. The van der Waals surface area contributed by atoms with Crippen LogP contribution >= 0.6 is 0 Å². The number of aromatic nitrogens is 2. The third-order valence-corrected chi connectivity index (χ3v) is 5.06. The van der Waals surface area contributed by atoms with E-state index in [9.17, 15) is 4.39 Å². The lowest BCUT2D eigenvalue weighted by Crippen LogP contribution is -2.46. The molecule has 24 heavy (non-hydrogen) atoms. The number of piperazine rings is 1. The van der Waals surface area contributed by atoms with Crippen molar-refractivity contribution < 1.29 is 8.91 Å². The van der Waals surface area contributed by atoms with Crippen molar-refractivity contribution in [2.24, 2.45) is 0 Å². The maximum atomic E-state index is 13.8. The first kappa shape index (κ1) is 15.7. The number of hydrogen-bond acceptors (Lipinski definition) is 5. The minimum absolute atomic E-state index is 0.119. The van der Waals surface area contributed by atoms with E-state index in [1.54, 1.807) is 6.07 Å². The molecule has 1 aromatic heterocycles. The van der Waals surface area contributed by atoms with Crippen LogP contribution in [0, 0.1) is 5.82 Å². The minimum atomic E-state index is -0.119. The smallest absolute Gasteiger partial charge is 0.243 e. The van der Waals surface area contributed by atoms with Crippen LogP contribution in [0.4, 0.5) is 4.39 Å². The first-order valence-electron chi connectivity index (χ1n) is 8.74. The Hall–Kier alpha value is -1.79. The van der Waals surface area contributed by atoms with E-state index >= 15 is 0 Å². The summed E-state index contributed by atoms with van der Waals surface area (Å²) < 4.78 is 19.2. The van der Waals surface area contributed by atoms with Gasteiger partial charge in [0.1, 0.15) is 5.82 Å². The van der Waals surface area contributed by atoms with Crippen LogP contribution in [0.2, 0.25) is 0 Å². The summed E-state index contributed by atoms with van der Waals surface area (Å²) in [5.74, 6) is 1.99. The standard InChI is InChI=1S/C18H23FN4O/c1-13(18-20-17(21-24-18)14-6-7-14)23-10-8-22(9-11-23)12-15-4-2-3-5-16(15)19/h2-5,13-14H,6-12H2,1H3. The zero-order chi connectivity index (χ0) is 16.5. The summed E-state index contributed by atoms with van der Waals surface area (Å²) >= 11 is 0. The molecule has 1 saturated carbocycles. The van der Waals surface area contributed by atoms with Crippen molar-refractivity contribution in [1.29, 1.82) is 0 Å². The number of benzene rings is 1. The molecular formula is C18H23FN4O. The minimum Gasteiger partial charge on any atom is -0.338 e. The summed E-state index contributed by atoms with van der Waals surface area (Å²) in [6.45, 7) is 6.48. The summed E-state index contributed by atoms with van der Waals surface area (Å²) in [7, 11) is 0. The van der Waals surface area contributed by atoms with Crippen molar-refractivity contribution in [2.75, 3.05) is 26.2 Å². The zero-order valence-electron chi connectivity index (χ0n) is 14.0. The molecule has 0 bridgehead atoms. The van der Waals surface area contributed by atoms with Gasteiger partial charge in [-0.05, 0) is 25.8 Å². The van der Waals surface area contributed by atoms with Gasteiger partial charge in [0.15, 0.2) is 5.82 Å². The summed E-state index contributed by atoms with van der Waals surface area (Å²) in [6.07, 6.45) is 2.37. The molecule has 0 N–H and O–H groups in total. The summed E-state index contributed by atoms with van der Waals surface area (Å²) in [5, 5.41) is 4.11. The molecule has 1 aliphatic carbocycles. The van der Waals surface area contributed by atoms with Crippen LogP contribution in [0.15, 0.2) is 28.8 Å². The Labute approximate surface area is 141 Å². The third-order valence-electron chi connectivity index (χ3n) is 5.06. The van der Waals surface area contributed by atoms with Gasteiger partial charge in [0, 0.05) is 44.2 Å². The van der Waals surface area contributed by atoms with Crippen LogP contribution in [-0.2, 0) is 6.54 Å². The number of hydrogen-bond donors (Lipinski definition) is 0. The predicted molar refractivity (Wildman–Crippen MR) is 87.9 cm³/mol. The maximum Gasteiger partial charge on any atom is 0.243 e. The number of nitrogens with zero attached hydrogens (tertiary/aromatic N) is 4. The summed E-state index contributed by atoms with van der Waals surface area (Å²) in [5.41, 5.74) is 0.768. The van der Waals surface area contributed by atoms with Crippen LogP contribution in [-0.4, -0.2) is 46.1 Å². The second-order valence-electron chi connectivity index (χ2n) is 6.84. The van der Waals surface area contributed by atoms with E-state index in [1.165, 1.54) is 18.9 Å². The Balaban J connectivity index is 1.32. The average molecular weight is 330 g/mol. The predicted octanol–water partition coefficient (Wildman–Crippen LogP) is 2.96. The fourth-order valence-corrected chi connectivity index (χ4v) is 3.26. The monoisotopic (exact) mass is 330 g/mol. The van der Waals surface area contributed by atoms with Gasteiger partial charge in [-0.15, -0.1) is 0 Å². The highest BCUT2D eigenvalue weighted by molar-refractivity contribution is 5.17. The Kier molecular flexibility index (Phi) is 4.33. The van der Waals surface area contributed by atoms with E-state index in [2.05, 4.69) is 26.9 Å². The second kappa shape index (κ2) is 6.61. The molecule has 6 heteroatoms. The highest BCUT2D eigenvalue weighted by Gasteiger charge is 2.31. The lowest BCUT2D eigenvalue weighted by molar-refractivity contribution is 0.0839. The highest BCUT2D eigenvalue weighted by Crippen LogP contribution is 2.38. The van der Waals surface area contributed by atoms with E-state index in [1.807, 2.05) is 12.1 Å². The van der Waals surface area contributed by atoms with Crippen LogP contribution < -0.4 is 0 Å². The molecule has 2 heterocycles. The Morgan fingerprint density at radius 1 is 1.21 bits per heavy atom. The molecule has 0 radical (unpaired) electrons. The molecule has 2 aliphatic rings. The van der Waals surface area contributed by atoms with Gasteiger partial charge in [0.25, 0.3) is 0 Å². The summed E-state index contributed by atoms with van der Waals surface area (Å²) in [4.78, 5) is 9.22. The van der Waals surface area contributed by atoms with Crippen LogP contribution in [0.5, 0.6) is 0 Å². The molecule has 1 atom stereocenters. The number of rotatable bonds is 5. The van der Waals surface area contributed by atoms with Crippen molar-refractivity contribution >= 4 is 0 Å². The molecule has 1 aliphatic heterocycles. The van der Waals surface area contributed by atoms with E-state index in [4.69, 9.17) is 4.52 Å². The molecule has 128 valence electrons. The lowest BCUT2D eigenvalue weighted by atomic mass is 10.1. The summed E-state index contributed by atoms with van der Waals surface area (Å²) in [6, 6.07) is 7.16. The van der Waals surface area contributed by atoms with Crippen molar-refractivity contribution in [2.45, 2.75) is 38.3 Å². The van der Waals surface area contributed by atoms with Gasteiger partial charge < -0.3 is 4.52 Å². The van der Waals surface area contributed by atoms with Crippen molar-refractivity contribution in [3.63, 3.8) is 0 Å². The molecule has 4 rings (SSSR count). The largest absolute Gasteiger partial charge is 0.338 e. The van der Waals surface area contributed by atoms with Crippen LogP contribution in [0.1, 0.15) is 49.0 Å². The van der Waals surface area contributed by atoms with Crippen molar-refractivity contribution in [3.05, 3.63) is 47.4 Å². The molecule has 1 unspecified atom stereocenters. The van der Waals surface area contributed by atoms with E-state index in [-0.39, 0.29) is 11.9 Å². The molecule has 2 fully saturated rings. The van der Waals surface area contributed by atoms with Gasteiger partial charge in [0.2, 0.25) is 5.89 Å². The Morgan fingerprint density at radius 3 is 2.67 bits per heavy atom. The van der Waals surface area contributed by atoms with E-state index in [0.29, 0.717) is 12.5 Å².